The Morgan fingerprint density at radius 3 is 1.50 bits per heavy atom. The molecule has 0 saturated carbocycles. The summed E-state index contributed by atoms with van der Waals surface area (Å²) in [5, 5.41) is 0. The van der Waals surface area contributed by atoms with E-state index in [1.54, 1.807) is 0 Å². The minimum absolute atomic E-state index is 0.286. The molecule has 0 bridgehead atoms. The maximum Gasteiger partial charge on any atom is 0.132 e. The van der Waals surface area contributed by atoms with Crippen molar-refractivity contribution in [3.05, 3.63) is 46.3 Å². The Balaban J connectivity index is 1.76. The first-order valence-corrected chi connectivity index (χ1v) is 8.93. The molecular weight excluding hydrogens is 300 g/mol. The lowest BCUT2D eigenvalue weighted by Gasteiger charge is -2.10. The standard InChI is InChI=1S/C21H30O3/c1-13(20-11-15(3)17(5)23-20)7-9-19(22)10-8-14(2)21-12-16(4)18(6)24-21/h11-14H,7-10H2,1-6H3. The Morgan fingerprint density at radius 1 is 0.833 bits per heavy atom. The van der Waals surface area contributed by atoms with Gasteiger partial charge in [0.25, 0.3) is 0 Å². The molecule has 2 atom stereocenters. The van der Waals surface area contributed by atoms with Crippen molar-refractivity contribution in [2.75, 3.05) is 0 Å². The van der Waals surface area contributed by atoms with Crippen LogP contribution in [0.1, 0.15) is 85.5 Å². The minimum Gasteiger partial charge on any atom is -0.466 e. The molecule has 0 amide bonds. The SMILES string of the molecule is Cc1cc(C(C)CCC(=O)CCC(C)c2cc(C)c(C)o2)oc1C. The van der Waals surface area contributed by atoms with Gasteiger partial charge in [-0.3, -0.25) is 4.79 Å². The van der Waals surface area contributed by atoms with Crippen molar-refractivity contribution in [3.8, 4) is 0 Å². The quantitative estimate of drug-likeness (QED) is 0.583. The number of carbonyl (C=O) groups is 1. The molecule has 2 heterocycles. The first kappa shape index (κ1) is 18.6. The average Bonchev–Trinajstić information content (AvgIpc) is 3.05. The summed E-state index contributed by atoms with van der Waals surface area (Å²) >= 11 is 0. The normalized spacial score (nSPS) is 13.9. The van der Waals surface area contributed by atoms with Crippen LogP contribution in [0.3, 0.4) is 0 Å². The van der Waals surface area contributed by atoms with Crippen LogP contribution in [0.25, 0.3) is 0 Å². The van der Waals surface area contributed by atoms with E-state index in [1.165, 1.54) is 11.1 Å². The molecule has 24 heavy (non-hydrogen) atoms. The van der Waals surface area contributed by atoms with E-state index in [0.717, 1.165) is 35.9 Å². The summed E-state index contributed by atoms with van der Waals surface area (Å²) in [6, 6.07) is 4.18. The van der Waals surface area contributed by atoms with Gasteiger partial charge in [0.05, 0.1) is 0 Å². The molecule has 0 aromatic carbocycles. The van der Waals surface area contributed by atoms with Crippen molar-refractivity contribution in [1.82, 2.24) is 0 Å². The number of Topliss-reactive ketones (excluding diaryl/α,β-unsaturated/α-hetero) is 1. The van der Waals surface area contributed by atoms with Crippen LogP contribution in [0, 0.1) is 27.7 Å². The first-order chi connectivity index (χ1) is 11.3. The topological polar surface area (TPSA) is 43.4 Å². The lowest BCUT2D eigenvalue weighted by Crippen LogP contribution is -2.03. The van der Waals surface area contributed by atoms with Crippen LogP contribution in [0.5, 0.6) is 0 Å². The molecule has 0 spiro atoms. The van der Waals surface area contributed by atoms with Crippen LogP contribution >= 0.6 is 0 Å². The molecule has 2 aromatic rings. The van der Waals surface area contributed by atoms with Crippen molar-refractivity contribution >= 4 is 5.78 Å². The van der Waals surface area contributed by atoms with Crippen molar-refractivity contribution in [3.63, 3.8) is 0 Å². The second kappa shape index (κ2) is 7.87. The largest absolute Gasteiger partial charge is 0.466 e. The summed E-state index contributed by atoms with van der Waals surface area (Å²) in [6.07, 6.45) is 2.92. The predicted molar refractivity (Wildman–Crippen MR) is 96.7 cm³/mol. The lowest BCUT2D eigenvalue weighted by molar-refractivity contribution is -0.119. The van der Waals surface area contributed by atoms with E-state index in [-0.39, 0.29) is 11.8 Å². The second-order valence-corrected chi connectivity index (χ2v) is 7.19. The average molecular weight is 330 g/mol. The zero-order chi connectivity index (χ0) is 17.9. The van der Waals surface area contributed by atoms with E-state index in [9.17, 15) is 4.79 Å². The third-order valence-corrected chi connectivity index (χ3v) is 5.05. The summed E-state index contributed by atoms with van der Waals surface area (Å²) in [6.45, 7) is 12.3. The second-order valence-electron chi connectivity index (χ2n) is 7.19. The Bertz CT molecular complexity index is 593. The van der Waals surface area contributed by atoms with Gasteiger partial charge in [-0.2, -0.15) is 0 Å². The molecule has 0 aliphatic rings. The number of ketones is 1. The van der Waals surface area contributed by atoms with E-state index in [0.29, 0.717) is 18.6 Å². The molecule has 0 fully saturated rings. The number of furan rings is 2. The molecule has 0 aliphatic carbocycles. The number of rotatable bonds is 8. The van der Waals surface area contributed by atoms with Crippen molar-refractivity contribution in [2.24, 2.45) is 0 Å². The molecule has 2 aromatic heterocycles. The molecule has 0 radical (unpaired) electrons. The van der Waals surface area contributed by atoms with Crippen LogP contribution in [-0.4, -0.2) is 5.78 Å². The molecule has 3 nitrogen and oxygen atoms in total. The maximum atomic E-state index is 12.2. The van der Waals surface area contributed by atoms with Gasteiger partial charge < -0.3 is 8.83 Å². The Kier molecular flexibility index (Phi) is 6.09. The molecule has 0 N–H and O–H groups in total. The molecule has 2 unspecified atom stereocenters. The molecule has 0 saturated heterocycles. The van der Waals surface area contributed by atoms with Gasteiger partial charge in [-0.05, 0) is 63.8 Å². The van der Waals surface area contributed by atoms with E-state index in [2.05, 4.69) is 39.8 Å². The molecule has 0 aliphatic heterocycles. The fraction of sp³-hybridized carbons (Fsp3) is 0.571. The van der Waals surface area contributed by atoms with Gasteiger partial charge in [0, 0.05) is 24.7 Å². The van der Waals surface area contributed by atoms with Crippen molar-refractivity contribution in [1.29, 1.82) is 0 Å². The highest BCUT2D eigenvalue weighted by molar-refractivity contribution is 5.78. The zero-order valence-electron chi connectivity index (χ0n) is 15.9. The monoisotopic (exact) mass is 330 g/mol. The Labute approximate surface area is 145 Å². The van der Waals surface area contributed by atoms with Gasteiger partial charge in [0.2, 0.25) is 0 Å². The smallest absolute Gasteiger partial charge is 0.132 e. The molecule has 2 rings (SSSR count). The number of hydrogen-bond donors (Lipinski definition) is 0. The lowest BCUT2D eigenvalue weighted by atomic mass is 9.96. The highest BCUT2D eigenvalue weighted by Gasteiger charge is 2.16. The fourth-order valence-electron chi connectivity index (χ4n) is 2.85. The van der Waals surface area contributed by atoms with Gasteiger partial charge in [0.1, 0.15) is 28.8 Å². The van der Waals surface area contributed by atoms with Gasteiger partial charge in [-0.1, -0.05) is 13.8 Å². The Hall–Kier alpha value is -1.77. The summed E-state index contributed by atoms with van der Waals surface area (Å²) in [5.74, 6) is 4.83. The van der Waals surface area contributed by atoms with Gasteiger partial charge in [0.15, 0.2) is 0 Å². The van der Waals surface area contributed by atoms with Crippen LogP contribution in [0.4, 0.5) is 0 Å². The summed E-state index contributed by atoms with van der Waals surface area (Å²) in [7, 11) is 0. The van der Waals surface area contributed by atoms with Crippen LogP contribution < -0.4 is 0 Å². The van der Waals surface area contributed by atoms with Crippen LogP contribution in [0.2, 0.25) is 0 Å². The summed E-state index contributed by atoms with van der Waals surface area (Å²) in [5.41, 5.74) is 2.36. The number of carbonyl (C=O) groups excluding carboxylic acids is 1. The highest BCUT2D eigenvalue weighted by Crippen LogP contribution is 2.27. The number of hydrogen-bond acceptors (Lipinski definition) is 3. The van der Waals surface area contributed by atoms with Gasteiger partial charge in [-0.15, -0.1) is 0 Å². The van der Waals surface area contributed by atoms with Gasteiger partial charge in [-0.25, -0.2) is 0 Å². The molecule has 3 heteroatoms. The van der Waals surface area contributed by atoms with Crippen molar-refractivity contribution in [2.45, 2.75) is 79.1 Å². The third-order valence-electron chi connectivity index (χ3n) is 5.05. The fourth-order valence-corrected chi connectivity index (χ4v) is 2.85. The zero-order valence-corrected chi connectivity index (χ0v) is 15.9. The van der Waals surface area contributed by atoms with E-state index in [1.807, 2.05) is 13.8 Å². The highest BCUT2D eigenvalue weighted by atomic mass is 16.3. The van der Waals surface area contributed by atoms with Crippen molar-refractivity contribution < 1.29 is 13.6 Å². The predicted octanol–water partition coefficient (Wildman–Crippen LogP) is 6.14. The van der Waals surface area contributed by atoms with E-state index >= 15 is 0 Å². The Morgan fingerprint density at radius 2 is 1.21 bits per heavy atom. The number of aryl methyl sites for hydroxylation is 4. The van der Waals surface area contributed by atoms with E-state index in [4.69, 9.17) is 8.83 Å². The molecular formula is C21H30O3. The minimum atomic E-state index is 0.286. The summed E-state index contributed by atoms with van der Waals surface area (Å²) < 4.78 is 11.5. The van der Waals surface area contributed by atoms with Gasteiger partial charge >= 0.3 is 0 Å². The maximum absolute atomic E-state index is 12.2. The molecule has 132 valence electrons. The third kappa shape index (κ3) is 4.62. The van der Waals surface area contributed by atoms with Crippen LogP contribution in [-0.2, 0) is 4.79 Å². The summed E-state index contributed by atoms with van der Waals surface area (Å²) in [4.78, 5) is 12.2. The van der Waals surface area contributed by atoms with E-state index < -0.39 is 0 Å². The first-order valence-electron chi connectivity index (χ1n) is 8.93. The van der Waals surface area contributed by atoms with Crippen LogP contribution in [0.15, 0.2) is 21.0 Å².